The third kappa shape index (κ3) is 3.84. The Hall–Kier alpha value is -2.48. The van der Waals surface area contributed by atoms with Gasteiger partial charge in [-0.05, 0) is 19.1 Å². The topological polar surface area (TPSA) is 77.7 Å². The van der Waals surface area contributed by atoms with E-state index in [1.165, 1.54) is 38.3 Å². The quantitative estimate of drug-likeness (QED) is 0.811. The molecule has 0 radical (unpaired) electrons. The zero-order valence-corrected chi connectivity index (χ0v) is 13.4. The largest absolute Gasteiger partial charge is 0.497 e. The third-order valence-corrected chi connectivity index (χ3v) is 3.33. The fraction of sp³-hybridized carbons (Fsp3) is 0.400. The molecule has 2 rings (SSSR count). The first-order valence-corrected chi connectivity index (χ1v) is 6.90. The fourth-order valence-corrected chi connectivity index (χ4v) is 1.88. The molecule has 0 saturated heterocycles. The van der Waals surface area contributed by atoms with Crippen molar-refractivity contribution in [3.63, 3.8) is 0 Å². The van der Waals surface area contributed by atoms with E-state index in [1.807, 2.05) is 0 Å². The number of rotatable bonds is 6. The van der Waals surface area contributed by atoms with Crippen molar-refractivity contribution in [3.8, 4) is 5.75 Å². The van der Waals surface area contributed by atoms with Gasteiger partial charge < -0.3 is 18.9 Å². The maximum absolute atomic E-state index is 13.9. The lowest BCUT2D eigenvalue weighted by Gasteiger charge is -2.15. The molecule has 23 heavy (non-hydrogen) atoms. The summed E-state index contributed by atoms with van der Waals surface area (Å²) >= 11 is 0. The minimum absolute atomic E-state index is 0.0571. The van der Waals surface area contributed by atoms with E-state index in [0.717, 1.165) is 6.07 Å². The number of amides is 1. The van der Waals surface area contributed by atoms with Crippen LogP contribution in [0.4, 0.5) is 4.39 Å². The highest BCUT2D eigenvalue weighted by atomic mass is 19.1. The molecule has 0 aliphatic rings. The standard InChI is InChI=1S/C15H18FN3O4/c1-9(21-3)14-17-13(23-18-14)8-19(2)15(20)11-6-5-10(22-4)7-12(11)16/h5-7,9H,8H2,1-4H3/t9-/m0/s1. The number of hydrogen-bond acceptors (Lipinski definition) is 6. The molecule has 2 aromatic rings. The predicted octanol–water partition coefficient (Wildman–Crippen LogP) is 2.20. The number of benzene rings is 1. The second-order valence-corrected chi connectivity index (χ2v) is 4.93. The summed E-state index contributed by atoms with van der Waals surface area (Å²) in [4.78, 5) is 17.7. The number of halogens is 1. The average molecular weight is 323 g/mol. The number of carbonyl (C=O) groups excluding carboxylic acids is 1. The van der Waals surface area contributed by atoms with Crippen LogP contribution in [0.5, 0.6) is 5.75 Å². The Morgan fingerprint density at radius 1 is 1.43 bits per heavy atom. The van der Waals surface area contributed by atoms with Crippen LogP contribution >= 0.6 is 0 Å². The summed E-state index contributed by atoms with van der Waals surface area (Å²) in [6.45, 7) is 1.84. The minimum Gasteiger partial charge on any atom is -0.497 e. The Bertz CT molecular complexity index is 689. The second kappa shape index (κ2) is 7.19. The van der Waals surface area contributed by atoms with Gasteiger partial charge in [-0.15, -0.1) is 0 Å². The monoisotopic (exact) mass is 323 g/mol. The molecule has 1 amide bonds. The Morgan fingerprint density at radius 2 is 2.17 bits per heavy atom. The molecular formula is C15H18FN3O4. The van der Waals surface area contributed by atoms with Crippen molar-refractivity contribution in [2.45, 2.75) is 19.6 Å². The Labute approximate surface area is 133 Å². The van der Waals surface area contributed by atoms with Crippen LogP contribution in [0.3, 0.4) is 0 Å². The molecule has 0 fully saturated rings. The van der Waals surface area contributed by atoms with Gasteiger partial charge >= 0.3 is 0 Å². The van der Waals surface area contributed by atoms with Crippen molar-refractivity contribution >= 4 is 5.91 Å². The number of ether oxygens (including phenoxy) is 2. The smallest absolute Gasteiger partial charge is 0.257 e. The van der Waals surface area contributed by atoms with Crippen LogP contribution in [0.2, 0.25) is 0 Å². The van der Waals surface area contributed by atoms with Gasteiger partial charge in [0, 0.05) is 20.2 Å². The van der Waals surface area contributed by atoms with E-state index in [2.05, 4.69) is 10.1 Å². The van der Waals surface area contributed by atoms with E-state index in [0.29, 0.717) is 11.6 Å². The van der Waals surface area contributed by atoms with Crippen molar-refractivity contribution in [1.82, 2.24) is 15.0 Å². The number of carbonyl (C=O) groups is 1. The van der Waals surface area contributed by atoms with Gasteiger partial charge in [0.1, 0.15) is 17.7 Å². The molecule has 7 nitrogen and oxygen atoms in total. The molecule has 1 atom stereocenters. The molecule has 1 aromatic carbocycles. The van der Waals surface area contributed by atoms with E-state index in [-0.39, 0.29) is 24.1 Å². The van der Waals surface area contributed by atoms with Crippen molar-refractivity contribution < 1.29 is 23.2 Å². The number of nitrogens with zero attached hydrogens (tertiary/aromatic N) is 3. The molecular weight excluding hydrogens is 305 g/mol. The van der Waals surface area contributed by atoms with Gasteiger partial charge in [0.25, 0.3) is 5.91 Å². The lowest BCUT2D eigenvalue weighted by molar-refractivity contribution is 0.0764. The first-order chi connectivity index (χ1) is 11.0. The Balaban J connectivity index is 2.09. The van der Waals surface area contributed by atoms with Crippen molar-refractivity contribution in [2.75, 3.05) is 21.3 Å². The van der Waals surface area contributed by atoms with Gasteiger partial charge in [-0.25, -0.2) is 4.39 Å². The van der Waals surface area contributed by atoms with Gasteiger partial charge in [0.15, 0.2) is 5.82 Å². The van der Waals surface area contributed by atoms with E-state index in [9.17, 15) is 9.18 Å². The van der Waals surface area contributed by atoms with Crippen molar-refractivity contribution in [2.24, 2.45) is 0 Å². The van der Waals surface area contributed by atoms with E-state index < -0.39 is 11.7 Å². The molecule has 0 aliphatic heterocycles. The molecule has 0 N–H and O–H groups in total. The van der Waals surface area contributed by atoms with Crippen molar-refractivity contribution in [3.05, 3.63) is 41.3 Å². The zero-order valence-electron chi connectivity index (χ0n) is 13.4. The van der Waals surface area contributed by atoms with Crippen LogP contribution in [-0.2, 0) is 11.3 Å². The van der Waals surface area contributed by atoms with Crippen LogP contribution in [-0.4, -0.2) is 42.2 Å². The third-order valence-electron chi connectivity index (χ3n) is 3.33. The normalized spacial score (nSPS) is 12.0. The summed E-state index contributed by atoms with van der Waals surface area (Å²) < 4.78 is 29.0. The number of aromatic nitrogens is 2. The lowest BCUT2D eigenvalue weighted by atomic mass is 10.2. The van der Waals surface area contributed by atoms with Crippen LogP contribution in [0, 0.1) is 5.82 Å². The second-order valence-electron chi connectivity index (χ2n) is 4.93. The molecule has 0 unspecified atom stereocenters. The van der Waals surface area contributed by atoms with Gasteiger partial charge in [0.2, 0.25) is 5.89 Å². The summed E-state index contributed by atoms with van der Waals surface area (Å²) in [6, 6.07) is 4.06. The maximum atomic E-state index is 13.9. The fourth-order valence-electron chi connectivity index (χ4n) is 1.88. The Kier molecular flexibility index (Phi) is 5.28. The Morgan fingerprint density at radius 3 is 2.78 bits per heavy atom. The molecule has 0 aliphatic carbocycles. The predicted molar refractivity (Wildman–Crippen MR) is 78.5 cm³/mol. The molecule has 1 aromatic heterocycles. The number of methoxy groups -OCH3 is 2. The first-order valence-electron chi connectivity index (χ1n) is 6.90. The van der Waals surface area contributed by atoms with Gasteiger partial charge in [0.05, 0.1) is 19.2 Å². The summed E-state index contributed by atoms with van der Waals surface area (Å²) in [5.74, 6) is -0.172. The highest BCUT2D eigenvalue weighted by molar-refractivity contribution is 5.94. The minimum atomic E-state index is -0.652. The van der Waals surface area contributed by atoms with Crippen LogP contribution in [0.15, 0.2) is 22.7 Å². The van der Waals surface area contributed by atoms with Crippen LogP contribution < -0.4 is 4.74 Å². The summed E-state index contributed by atoms with van der Waals surface area (Å²) in [5.41, 5.74) is -0.0571. The summed E-state index contributed by atoms with van der Waals surface area (Å²) in [6.07, 6.45) is -0.312. The lowest BCUT2D eigenvalue weighted by Crippen LogP contribution is -2.27. The van der Waals surface area contributed by atoms with E-state index in [1.54, 1.807) is 6.92 Å². The summed E-state index contributed by atoms with van der Waals surface area (Å²) in [5, 5.41) is 3.77. The molecule has 0 spiro atoms. The SMILES string of the molecule is COc1ccc(C(=O)N(C)Cc2nc([C@H](C)OC)no2)c(F)c1. The van der Waals surface area contributed by atoms with Gasteiger partial charge in [-0.2, -0.15) is 4.98 Å². The molecule has 0 saturated carbocycles. The summed E-state index contributed by atoms with van der Waals surface area (Å²) in [7, 11) is 4.48. The van der Waals surface area contributed by atoms with Crippen LogP contribution in [0.1, 0.15) is 35.1 Å². The van der Waals surface area contributed by atoms with Crippen molar-refractivity contribution in [1.29, 1.82) is 0 Å². The molecule has 0 bridgehead atoms. The van der Waals surface area contributed by atoms with E-state index >= 15 is 0 Å². The zero-order chi connectivity index (χ0) is 17.0. The van der Waals surface area contributed by atoms with Gasteiger partial charge in [-0.1, -0.05) is 5.16 Å². The molecule has 8 heteroatoms. The molecule has 1 heterocycles. The molecule has 124 valence electrons. The number of hydrogen-bond donors (Lipinski definition) is 0. The van der Waals surface area contributed by atoms with E-state index in [4.69, 9.17) is 14.0 Å². The maximum Gasteiger partial charge on any atom is 0.257 e. The van der Waals surface area contributed by atoms with Gasteiger partial charge in [-0.3, -0.25) is 4.79 Å². The highest BCUT2D eigenvalue weighted by Crippen LogP contribution is 2.18. The highest BCUT2D eigenvalue weighted by Gasteiger charge is 2.20. The van der Waals surface area contributed by atoms with Crippen LogP contribution in [0.25, 0.3) is 0 Å². The average Bonchev–Trinajstić information content (AvgIpc) is 3.01. The first kappa shape index (κ1) is 16.9.